The van der Waals surface area contributed by atoms with E-state index < -0.39 is 11.5 Å². The van der Waals surface area contributed by atoms with Crippen molar-refractivity contribution >= 4 is 13.8 Å². The molecule has 1 aliphatic rings. The molecule has 1 atom stereocenters. The van der Waals surface area contributed by atoms with E-state index in [-0.39, 0.29) is 0 Å². The van der Waals surface area contributed by atoms with Gasteiger partial charge in [0.2, 0.25) is 0 Å². The molecular weight excluding hydrogens is 191 g/mol. The molecule has 1 rings (SSSR count). The van der Waals surface area contributed by atoms with Crippen molar-refractivity contribution in [1.82, 2.24) is 5.32 Å². The third-order valence-electron chi connectivity index (χ3n) is 3.17. The van der Waals surface area contributed by atoms with Crippen molar-refractivity contribution in [1.29, 1.82) is 0 Å². The van der Waals surface area contributed by atoms with Crippen molar-refractivity contribution in [3.63, 3.8) is 0 Å². The number of carboxylic acid groups (broad SMARTS) is 1. The Hall–Kier alpha value is -0.545. The van der Waals surface area contributed by atoms with Gasteiger partial charge in [-0.1, -0.05) is 19.2 Å². The minimum Gasteiger partial charge on any atom is -0.480 e. The molecule has 0 aromatic heterocycles. The maximum Gasteiger partial charge on any atom is 0.323 e. The highest BCUT2D eigenvalue weighted by molar-refractivity contribution is 6.08. The van der Waals surface area contributed by atoms with Crippen molar-refractivity contribution in [3.8, 4) is 0 Å². The zero-order chi connectivity index (χ0) is 11.3. The Morgan fingerprint density at radius 1 is 1.53 bits per heavy atom. The fourth-order valence-corrected chi connectivity index (χ4v) is 1.99. The minimum atomic E-state index is -0.998. The molecule has 0 saturated carbocycles. The topological polar surface area (TPSA) is 75.3 Å². The van der Waals surface area contributed by atoms with Crippen LogP contribution >= 0.6 is 0 Å². The average Bonchev–Trinajstić information content (AvgIpc) is 2.12. The SMILES string of the molecule is BCCCCC(N)(CC1CNC1)C(=O)O. The van der Waals surface area contributed by atoms with E-state index in [2.05, 4.69) is 13.2 Å². The summed E-state index contributed by atoms with van der Waals surface area (Å²) in [6.07, 6.45) is 4.29. The first-order valence-corrected chi connectivity index (χ1v) is 5.81. The first kappa shape index (κ1) is 12.5. The van der Waals surface area contributed by atoms with Gasteiger partial charge in [0.1, 0.15) is 13.4 Å². The molecule has 1 aliphatic heterocycles. The Bertz CT molecular complexity index is 221. The summed E-state index contributed by atoms with van der Waals surface area (Å²) in [5.74, 6) is -0.391. The smallest absolute Gasteiger partial charge is 0.323 e. The molecule has 1 fully saturated rings. The Morgan fingerprint density at radius 2 is 2.20 bits per heavy atom. The van der Waals surface area contributed by atoms with Crippen molar-refractivity contribution < 1.29 is 9.90 Å². The predicted molar refractivity (Wildman–Crippen MR) is 62.7 cm³/mol. The Labute approximate surface area is 92.0 Å². The number of unbranched alkanes of at least 4 members (excludes halogenated alkanes) is 1. The van der Waals surface area contributed by atoms with Gasteiger partial charge in [0.05, 0.1) is 0 Å². The lowest BCUT2D eigenvalue weighted by Gasteiger charge is -2.34. The summed E-state index contributed by atoms with van der Waals surface area (Å²) in [4.78, 5) is 11.1. The summed E-state index contributed by atoms with van der Waals surface area (Å²) in [5, 5.41) is 12.3. The minimum absolute atomic E-state index is 0.452. The molecule has 0 aromatic rings. The quantitative estimate of drug-likeness (QED) is 0.396. The highest BCUT2D eigenvalue weighted by Gasteiger charge is 2.37. The molecule has 1 heterocycles. The standard InChI is InChI=1S/C10H21BN2O2/c11-4-2-1-3-10(12,9(14)15)5-8-6-13-7-8/h8,13H,1-7,11-12H2,(H,14,15). The molecule has 4 N–H and O–H groups in total. The summed E-state index contributed by atoms with van der Waals surface area (Å²) in [6.45, 7) is 1.83. The highest BCUT2D eigenvalue weighted by Crippen LogP contribution is 2.23. The third-order valence-corrected chi connectivity index (χ3v) is 3.17. The Kier molecular flexibility index (Phi) is 4.60. The van der Waals surface area contributed by atoms with E-state index in [0.29, 0.717) is 18.8 Å². The van der Waals surface area contributed by atoms with E-state index in [1.165, 1.54) is 0 Å². The van der Waals surface area contributed by atoms with Crippen LogP contribution in [0.15, 0.2) is 0 Å². The van der Waals surface area contributed by atoms with E-state index in [0.717, 1.165) is 32.3 Å². The second-order valence-corrected chi connectivity index (χ2v) is 4.65. The molecule has 0 amide bonds. The lowest BCUT2D eigenvalue weighted by atomic mass is 9.81. The van der Waals surface area contributed by atoms with Gasteiger partial charge in [-0.3, -0.25) is 4.79 Å². The van der Waals surface area contributed by atoms with Gasteiger partial charge in [0, 0.05) is 0 Å². The van der Waals surface area contributed by atoms with Gasteiger partial charge in [-0.2, -0.15) is 0 Å². The van der Waals surface area contributed by atoms with Crippen LogP contribution < -0.4 is 11.1 Å². The van der Waals surface area contributed by atoms with Gasteiger partial charge in [-0.05, 0) is 31.8 Å². The third kappa shape index (κ3) is 3.50. The van der Waals surface area contributed by atoms with E-state index in [1.807, 2.05) is 0 Å². The lowest BCUT2D eigenvalue weighted by molar-refractivity contribution is -0.144. The molecule has 86 valence electrons. The van der Waals surface area contributed by atoms with Crippen molar-refractivity contribution in [2.45, 2.75) is 37.5 Å². The van der Waals surface area contributed by atoms with Crippen LogP contribution in [0.3, 0.4) is 0 Å². The summed E-state index contributed by atoms with van der Waals surface area (Å²) in [6, 6.07) is 0. The fraction of sp³-hybridized carbons (Fsp3) is 0.900. The fourth-order valence-electron chi connectivity index (χ4n) is 1.99. The van der Waals surface area contributed by atoms with Crippen LogP contribution in [0, 0.1) is 5.92 Å². The van der Waals surface area contributed by atoms with E-state index in [4.69, 9.17) is 10.8 Å². The summed E-state index contributed by atoms with van der Waals surface area (Å²) in [5.41, 5.74) is 4.97. The maximum atomic E-state index is 11.1. The van der Waals surface area contributed by atoms with Gasteiger partial charge in [0.25, 0.3) is 0 Å². The second-order valence-electron chi connectivity index (χ2n) is 4.65. The largest absolute Gasteiger partial charge is 0.480 e. The first-order chi connectivity index (χ1) is 7.08. The van der Waals surface area contributed by atoms with E-state index >= 15 is 0 Å². The number of hydrogen-bond donors (Lipinski definition) is 3. The van der Waals surface area contributed by atoms with Crippen LogP contribution in [0.2, 0.25) is 6.32 Å². The molecule has 0 aliphatic carbocycles. The summed E-state index contributed by atoms with van der Waals surface area (Å²) in [7, 11) is 2.11. The van der Waals surface area contributed by atoms with Crippen LogP contribution in [0.4, 0.5) is 0 Å². The molecule has 1 saturated heterocycles. The summed E-state index contributed by atoms with van der Waals surface area (Å²) < 4.78 is 0. The molecule has 0 bridgehead atoms. The van der Waals surface area contributed by atoms with Gasteiger partial charge >= 0.3 is 5.97 Å². The molecule has 4 nitrogen and oxygen atoms in total. The molecule has 15 heavy (non-hydrogen) atoms. The normalized spacial score (nSPS) is 20.6. The first-order valence-electron chi connectivity index (χ1n) is 5.81. The molecule has 0 radical (unpaired) electrons. The monoisotopic (exact) mass is 212 g/mol. The Balaban J connectivity index is 2.40. The highest BCUT2D eigenvalue weighted by atomic mass is 16.4. The number of carboxylic acids is 1. The molecular formula is C10H21BN2O2. The number of carbonyl (C=O) groups is 1. The zero-order valence-electron chi connectivity index (χ0n) is 9.46. The van der Waals surface area contributed by atoms with Crippen LogP contribution in [0.5, 0.6) is 0 Å². The number of nitrogens with two attached hydrogens (primary N) is 1. The second kappa shape index (κ2) is 5.51. The van der Waals surface area contributed by atoms with Gasteiger partial charge in [-0.25, -0.2) is 0 Å². The van der Waals surface area contributed by atoms with E-state index in [1.54, 1.807) is 0 Å². The molecule has 5 heteroatoms. The number of rotatable bonds is 7. The maximum absolute atomic E-state index is 11.1. The molecule has 0 aromatic carbocycles. The number of nitrogens with one attached hydrogen (secondary N) is 1. The van der Waals surface area contributed by atoms with Crippen molar-refractivity contribution in [2.75, 3.05) is 13.1 Å². The van der Waals surface area contributed by atoms with Gasteiger partial charge in [-0.15, -0.1) is 0 Å². The number of aliphatic carboxylic acids is 1. The predicted octanol–water partition coefficient (Wildman–Crippen LogP) is -0.400. The summed E-state index contributed by atoms with van der Waals surface area (Å²) >= 11 is 0. The van der Waals surface area contributed by atoms with Gasteiger partial charge < -0.3 is 16.2 Å². The van der Waals surface area contributed by atoms with E-state index in [9.17, 15) is 4.79 Å². The number of hydrogen-bond acceptors (Lipinski definition) is 3. The lowest BCUT2D eigenvalue weighted by Crippen LogP contribution is -2.54. The van der Waals surface area contributed by atoms with Crippen LogP contribution in [0.25, 0.3) is 0 Å². The van der Waals surface area contributed by atoms with Crippen LogP contribution in [-0.2, 0) is 4.79 Å². The molecule has 0 spiro atoms. The van der Waals surface area contributed by atoms with Gasteiger partial charge in [0.15, 0.2) is 0 Å². The zero-order valence-corrected chi connectivity index (χ0v) is 9.46. The van der Waals surface area contributed by atoms with Crippen molar-refractivity contribution in [2.24, 2.45) is 11.7 Å². The van der Waals surface area contributed by atoms with Crippen LogP contribution in [0.1, 0.15) is 25.7 Å². The van der Waals surface area contributed by atoms with Crippen molar-refractivity contribution in [3.05, 3.63) is 0 Å². The average molecular weight is 212 g/mol. The van der Waals surface area contributed by atoms with Crippen LogP contribution in [-0.4, -0.2) is 37.6 Å². The molecule has 1 unspecified atom stereocenters. The Morgan fingerprint density at radius 3 is 2.60 bits per heavy atom.